The minimum atomic E-state index is -0.0763. The number of rotatable bonds is 5. The van der Waals surface area contributed by atoms with Crippen molar-refractivity contribution in [2.24, 2.45) is 0 Å². The molecule has 2 aliphatic rings. The summed E-state index contributed by atoms with van der Waals surface area (Å²) >= 11 is 1.91. The first-order valence-corrected chi connectivity index (χ1v) is 9.21. The van der Waals surface area contributed by atoms with E-state index in [4.69, 9.17) is 0 Å². The van der Waals surface area contributed by atoms with Crippen molar-refractivity contribution in [3.05, 3.63) is 0 Å². The van der Waals surface area contributed by atoms with Gasteiger partial charge in [0.05, 0.1) is 12.6 Å². The zero-order chi connectivity index (χ0) is 15.2. The Bertz CT molecular complexity index is 368. The summed E-state index contributed by atoms with van der Waals surface area (Å²) in [5.41, 5.74) is 0. The van der Waals surface area contributed by atoms with E-state index in [1.54, 1.807) is 0 Å². The molecule has 0 saturated carbocycles. The highest BCUT2D eigenvalue weighted by atomic mass is 32.2. The molecule has 0 N–H and O–H groups in total. The lowest BCUT2D eigenvalue weighted by Gasteiger charge is -2.32. The van der Waals surface area contributed by atoms with Gasteiger partial charge in [-0.2, -0.15) is 11.8 Å². The number of thioether (sulfide) groups is 1. The van der Waals surface area contributed by atoms with Crippen molar-refractivity contribution in [2.75, 3.05) is 50.8 Å². The third-order valence-corrected chi connectivity index (χ3v) is 5.37. The van der Waals surface area contributed by atoms with E-state index < -0.39 is 0 Å². The second-order valence-electron chi connectivity index (χ2n) is 5.63. The Kier molecular flexibility index (Phi) is 6.36. The molecule has 0 radical (unpaired) electrons. The van der Waals surface area contributed by atoms with Gasteiger partial charge in [-0.1, -0.05) is 0 Å². The van der Waals surface area contributed by atoms with Gasteiger partial charge >= 0.3 is 0 Å². The van der Waals surface area contributed by atoms with E-state index in [9.17, 15) is 9.59 Å². The molecule has 120 valence electrons. The molecule has 0 bridgehead atoms. The lowest BCUT2D eigenvalue weighted by atomic mass is 10.2. The molecule has 2 heterocycles. The van der Waals surface area contributed by atoms with E-state index in [2.05, 4.69) is 4.90 Å². The highest BCUT2D eigenvalue weighted by Gasteiger charge is 2.35. The number of carbonyl (C=O) groups is 2. The van der Waals surface area contributed by atoms with Crippen LogP contribution in [0.5, 0.6) is 0 Å². The molecular weight excluding hydrogens is 286 g/mol. The largest absolute Gasteiger partial charge is 0.342 e. The maximum Gasteiger partial charge on any atom is 0.239 e. The van der Waals surface area contributed by atoms with Crippen molar-refractivity contribution >= 4 is 23.6 Å². The lowest BCUT2D eigenvalue weighted by molar-refractivity contribution is -0.138. The minimum Gasteiger partial charge on any atom is -0.342 e. The smallest absolute Gasteiger partial charge is 0.239 e. The SMILES string of the molecule is CCN(CC)C(=O)CN1CCCC1C(=O)N1CCSCC1. The number of likely N-dealkylation sites (tertiary alicyclic amines) is 1. The molecule has 0 aromatic heterocycles. The molecule has 2 aliphatic heterocycles. The zero-order valence-electron chi connectivity index (χ0n) is 13.2. The van der Waals surface area contributed by atoms with Gasteiger partial charge in [-0.25, -0.2) is 0 Å². The normalized spacial score (nSPS) is 23.3. The molecular formula is C15H27N3O2S. The molecule has 2 fully saturated rings. The van der Waals surface area contributed by atoms with Gasteiger partial charge < -0.3 is 9.80 Å². The molecule has 0 spiro atoms. The molecule has 1 unspecified atom stereocenters. The zero-order valence-corrected chi connectivity index (χ0v) is 14.0. The predicted octanol–water partition coefficient (Wildman–Crippen LogP) is 0.895. The van der Waals surface area contributed by atoms with Gasteiger partial charge in [0.2, 0.25) is 11.8 Å². The quantitative estimate of drug-likeness (QED) is 0.756. The number of hydrogen-bond donors (Lipinski definition) is 0. The van der Waals surface area contributed by atoms with Gasteiger partial charge in [-0.15, -0.1) is 0 Å². The van der Waals surface area contributed by atoms with E-state index >= 15 is 0 Å². The van der Waals surface area contributed by atoms with Gasteiger partial charge in [-0.3, -0.25) is 14.5 Å². The fourth-order valence-electron chi connectivity index (χ4n) is 3.14. The Morgan fingerprint density at radius 2 is 1.81 bits per heavy atom. The van der Waals surface area contributed by atoms with Gasteiger partial charge in [0.1, 0.15) is 0 Å². The second kappa shape index (κ2) is 8.03. The van der Waals surface area contributed by atoms with Gasteiger partial charge in [0.15, 0.2) is 0 Å². The first kappa shape index (κ1) is 16.6. The average Bonchev–Trinajstić information content (AvgIpc) is 2.96. The molecule has 0 aromatic rings. The number of carbonyl (C=O) groups excluding carboxylic acids is 2. The fourth-order valence-corrected chi connectivity index (χ4v) is 4.04. The van der Waals surface area contributed by atoms with Crippen molar-refractivity contribution in [2.45, 2.75) is 32.7 Å². The van der Waals surface area contributed by atoms with Crippen LogP contribution in [-0.2, 0) is 9.59 Å². The average molecular weight is 313 g/mol. The first-order valence-electron chi connectivity index (χ1n) is 8.05. The van der Waals surface area contributed by atoms with Crippen LogP contribution in [0.2, 0.25) is 0 Å². The summed E-state index contributed by atoms with van der Waals surface area (Å²) in [6, 6.07) is -0.0763. The molecule has 2 amide bonds. The molecule has 2 saturated heterocycles. The summed E-state index contributed by atoms with van der Waals surface area (Å²) in [7, 11) is 0. The van der Waals surface area contributed by atoms with Crippen LogP contribution in [0.3, 0.4) is 0 Å². The number of nitrogens with zero attached hydrogens (tertiary/aromatic N) is 3. The van der Waals surface area contributed by atoms with Crippen LogP contribution in [0, 0.1) is 0 Å². The standard InChI is InChI=1S/C15H27N3O2S/c1-3-16(4-2)14(19)12-18-7-5-6-13(18)15(20)17-8-10-21-11-9-17/h13H,3-12H2,1-2H3. The van der Waals surface area contributed by atoms with E-state index in [0.717, 1.165) is 57.1 Å². The van der Waals surface area contributed by atoms with Crippen LogP contribution in [0.15, 0.2) is 0 Å². The van der Waals surface area contributed by atoms with Crippen LogP contribution >= 0.6 is 11.8 Å². The van der Waals surface area contributed by atoms with Crippen molar-refractivity contribution in [1.29, 1.82) is 0 Å². The van der Waals surface area contributed by atoms with Crippen LogP contribution in [-0.4, -0.2) is 83.3 Å². The van der Waals surface area contributed by atoms with Gasteiger partial charge in [0.25, 0.3) is 0 Å². The van der Waals surface area contributed by atoms with E-state index in [1.807, 2.05) is 35.4 Å². The number of likely N-dealkylation sites (N-methyl/N-ethyl adjacent to an activating group) is 1. The topological polar surface area (TPSA) is 43.9 Å². The van der Waals surface area contributed by atoms with Gasteiger partial charge in [-0.05, 0) is 33.2 Å². The van der Waals surface area contributed by atoms with Crippen molar-refractivity contribution in [1.82, 2.24) is 14.7 Å². The monoisotopic (exact) mass is 313 g/mol. The van der Waals surface area contributed by atoms with Crippen LogP contribution in [0.25, 0.3) is 0 Å². The summed E-state index contributed by atoms with van der Waals surface area (Å²) in [5, 5.41) is 0. The molecule has 21 heavy (non-hydrogen) atoms. The van der Waals surface area contributed by atoms with Crippen LogP contribution in [0.1, 0.15) is 26.7 Å². The van der Waals surface area contributed by atoms with Crippen LogP contribution < -0.4 is 0 Å². The lowest BCUT2D eigenvalue weighted by Crippen LogP contribution is -2.50. The summed E-state index contributed by atoms with van der Waals surface area (Å²) < 4.78 is 0. The predicted molar refractivity (Wildman–Crippen MR) is 86.4 cm³/mol. The third-order valence-electron chi connectivity index (χ3n) is 4.43. The molecule has 0 aromatic carbocycles. The molecule has 6 heteroatoms. The summed E-state index contributed by atoms with van der Waals surface area (Å²) in [6.45, 7) is 8.46. The Labute approximate surface area is 132 Å². The van der Waals surface area contributed by atoms with E-state index in [-0.39, 0.29) is 17.9 Å². The summed E-state index contributed by atoms with van der Waals surface area (Å²) in [4.78, 5) is 30.8. The van der Waals surface area contributed by atoms with Crippen molar-refractivity contribution < 1.29 is 9.59 Å². The Morgan fingerprint density at radius 1 is 1.14 bits per heavy atom. The summed E-state index contributed by atoms with van der Waals surface area (Å²) in [5.74, 6) is 2.46. The van der Waals surface area contributed by atoms with Crippen molar-refractivity contribution in [3.8, 4) is 0 Å². The van der Waals surface area contributed by atoms with Crippen molar-refractivity contribution in [3.63, 3.8) is 0 Å². The van der Waals surface area contributed by atoms with E-state index in [0.29, 0.717) is 6.54 Å². The van der Waals surface area contributed by atoms with E-state index in [1.165, 1.54) is 0 Å². The molecule has 5 nitrogen and oxygen atoms in total. The van der Waals surface area contributed by atoms with Crippen LogP contribution in [0.4, 0.5) is 0 Å². The highest BCUT2D eigenvalue weighted by Crippen LogP contribution is 2.21. The molecule has 1 atom stereocenters. The highest BCUT2D eigenvalue weighted by molar-refractivity contribution is 7.99. The minimum absolute atomic E-state index is 0.0763. The maximum absolute atomic E-state index is 12.7. The van der Waals surface area contributed by atoms with Gasteiger partial charge in [0, 0.05) is 37.7 Å². The second-order valence-corrected chi connectivity index (χ2v) is 6.86. The summed E-state index contributed by atoms with van der Waals surface area (Å²) in [6.07, 6.45) is 1.92. The third kappa shape index (κ3) is 4.13. The Hall–Kier alpha value is -0.750. The molecule has 0 aliphatic carbocycles. The number of amides is 2. The first-order chi connectivity index (χ1) is 10.2. The Balaban J connectivity index is 1.93. The maximum atomic E-state index is 12.7. The molecule has 2 rings (SSSR count). The fraction of sp³-hybridized carbons (Fsp3) is 0.867. The number of hydrogen-bond acceptors (Lipinski definition) is 4. The Morgan fingerprint density at radius 3 is 2.43 bits per heavy atom.